The minimum Gasteiger partial charge on any atom is -0.453 e. The molecule has 8 nitrogen and oxygen atoms in total. The fourth-order valence-corrected chi connectivity index (χ4v) is 4.62. The molecular weight excluding hydrogens is 452 g/mol. The molecule has 2 aliphatic rings. The van der Waals surface area contributed by atoms with E-state index in [-0.39, 0.29) is 12.2 Å². The number of ether oxygens (including phenoxy) is 2. The fraction of sp³-hybridized carbons (Fsp3) is 0.321. The van der Waals surface area contributed by atoms with Crippen LogP contribution in [0.5, 0.6) is 11.5 Å². The van der Waals surface area contributed by atoms with Crippen molar-refractivity contribution in [3.8, 4) is 22.8 Å². The van der Waals surface area contributed by atoms with E-state index in [2.05, 4.69) is 46.2 Å². The maximum Gasteiger partial charge on any atom is 0.173 e. The number of nitrogens with zero attached hydrogens (tertiary/aromatic N) is 5. The van der Waals surface area contributed by atoms with Crippen molar-refractivity contribution in [3.05, 3.63) is 73.2 Å². The number of morpholine rings is 1. The summed E-state index contributed by atoms with van der Waals surface area (Å²) >= 11 is 0. The predicted octanol–water partition coefficient (Wildman–Crippen LogP) is 5.82. The zero-order valence-corrected chi connectivity index (χ0v) is 20.5. The molecule has 36 heavy (non-hydrogen) atoms. The first kappa shape index (κ1) is 22.5. The third-order valence-corrected chi connectivity index (χ3v) is 6.39. The second-order valence-electron chi connectivity index (χ2n) is 9.59. The molecule has 0 amide bonds. The summed E-state index contributed by atoms with van der Waals surface area (Å²) in [5.74, 6) is 3.07. The van der Waals surface area contributed by atoms with E-state index in [0.29, 0.717) is 17.6 Å². The van der Waals surface area contributed by atoms with E-state index in [0.717, 1.165) is 54.4 Å². The minimum atomic E-state index is 0.174. The van der Waals surface area contributed by atoms with Gasteiger partial charge in [0, 0.05) is 48.9 Å². The van der Waals surface area contributed by atoms with E-state index in [9.17, 15) is 0 Å². The van der Waals surface area contributed by atoms with Gasteiger partial charge in [-0.25, -0.2) is 9.97 Å². The van der Waals surface area contributed by atoms with Crippen LogP contribution in [0, 0.1) is 0 Å². The van der Waals surface area contributed by atoms with Crippen molar-refractivity contribution in [2.45, 2.75) is 44.9 Å². The highest BCUT2D eigenvalue weighted by Crippen LogP contribution is 2.39. The normalized spacial score (nSPS) is 19.8. The van der Waals surface area contributed by atoms with Crippen LogP contribution in [0.25, 0.3) is 11.3 Å². The molecule has 8 heteroatoms. The minimum absolute atomic E-state index is 0.174. The van der Waals surface area contributed by atoms with E-state index in [4.69, 9.17) is 14.6 Å². The summed E-state index contributed by atoms with van der Waals surface area (Å²) < 4.78 is 14.2. The first-order chi connectivity index (χ1) is 17.6. The van der Waals surface area contributed by atoms with E-state index in [1.54, 1.807) is 6.20 Å². The van der Waals surface area contributed by atoms with Crippen molar-refractivity contribution in [1.29, 1.82) is 0 Å². The number of nitrogens with one attached hydrogen (secondary N) is 1. The number of hydrogen-bond donors (Lipinski definition) is 1. The first-order valence-corrected chi connectivity index (χ1v) is 12.5. The van der Waals surface area contributed by atoms with Crippen molar-refractivity contribution in [2.75, 3.05) is 23.3 Å². The third-order valence-electron chi connectivity index (χ3n) is 6.39. The largest absolute Gasteiger partial charge is 0.453 e. The topological polar surface area (TPSA) is 77.3 Å². The van der Waals surface area contributed by atoms with Crippen LogP contribution in [-0.2, 0) is 4.74 Å². The molecule has 6 rings (SSSR count). The lowest BCUT2D eigenvalue weighted by atomic mass is 10.1. The number of anilines is 3. The van der Waals surface area contributed by atoms with Gasteiger partial charge in [0.05, 0.1) is 24.4 Å². The van der Waals surface area contributed by atoms with Gasteiger partial charge in [0.1, 0.15) is 23.1 Å². The molecule has 0 unspecified atom stereocenters. The molecule has 4 aromatic rings. The summed E-state index contributed by atoms with van der Waals surface area (Å²) in [6, 6.07) is 18.4. The van der Waals surface area contributed by atoms with Crippen LogP contribution < -0.4 is 15.0 Å². The maximum absolute atomic E-state index is 6.35. The molecule has 1 saturated heterocycles. The predicted molar refractivity (Wildman–Crippen MR) is 140 cm³/mol. The molecule has 3 aromatic heterocycles. The summed E-state index contributed by atoms with van der Waals surface area (Å²) in [4.78, 5) is 11.3. The summed E-state index contributed by atoms with van der Waals surface area (Å²) in [5.41, 5.74) is 2.81. The zero-order valence-electron chi connectivity index (χ0n) is 20.5. The van der Waals surface area contributed by atoms with Crippen LogP contribution in [-0.4, -0.2) is 45.0 Å². The van der Waals surface area contributed by atoms with E-state index >= 15 is 0 Å². The first-order valence-electron chi connectivity index (χ1n) is 12.5. The Hall–Kier alpha value is -3.91. The van der Waals surface area contributed by atoms with Gasteiger partial charge >= 0.3 is 0 Å². The number of hydrogen-bond acceptors (Lipinski definition) is 7. The van der Waals surface area contributed by atoms with Gasteiger partial charge in [-0.3, -0.25) is 4.68 Å². The molecule has 0 spiro atoms. The lowest BCUT2D eigenvalue weighted by Gasteiger charge is -2.36. The SMILES string of the molecule is C[C@@H]1CN(c2cc(Nc3cc(Oc4cn(C5CC5)nc4-c4ccccc4)ccn3)ccn2)C[C@H](C)O1. The Morgan fingerprint density at radius 1 is 0.944 bits per heavy atom. The van der Waals surface area contributed by atoms with E-state index in [1.807, 2.05) is 59.5 Å². The average Bonchev–Trinajstić information content (AvgIpc) is 3.65. The number of pyridine rings is 2. The highest BCUT2D eigenvalue weighted by Gasteiger charge is 2.27. The fourth-order valence-electron chi connectivity index (χ4n) is 4.62. The van der Waals surface area contributed by atoms with Crippen LogP contribution in [0.3, 0.4) is 0 Å². The van der Waals surface area contributed by atoms with Gasteiger partial charge in [-0.15, -0.1) is 0 Å². The highest BCUT2D eigenvalue weighted by molar-refractivity contribution is 5.67. The Labute approximate surface area is 210 Å². The highest BCUT2D eigenvalue weighted by atomic mass is 16.5. The second-order valence-corrected chi connectivity index (χ2v) is 9.59. The summed E-state index contributed by atoms with van der Waals surface area (Å²) in [7, 11) is 0. The lowest BCUT2D eigenvalue weighted by molar-refractivity contribution is -0.00545. The summed E-state index contributed by atoms with van der Waals surface area (Å²) in [5, 5.41) is 8.24. The Balaban J connectivity index is 1.21. The number of aromatic nitrogens is 4. The Bertz CT molecular complexity index is 1330. The van der Waals surface area contributed by atoms with Gasteiger partial charge in [0.15, 0.2) is 5.75 Å². The average molecular weight is 483 g/mol. The number of benzene rings is 1. The number of rotatable bonds is 7. The van der Waals surface area contributed by atoms with Crippen LogP contribution in [0.2, 0.25) is 0 Å². The van der Waals surface area contributed by atoms with Gasteiger partial charge in [0.25, 0.3) is 0 Å². The van der Waals surface area contributed by atoms with Gasteiger partial charge in [-0.1, -0.05) is 30.3 Å². The lowest BCUT2D eigenvalue weighted by Crippen LogP contribution is -2.45. The van der Waals surface area contributed by atoms with Gasteiger partial charge in [0.2, 0.25) is 0 Å². The van der Waals surface area contributed by atoms with Crippen molar-refractivity contribution < 1.29 is 9.47 Å². The molecule has 1 aromatic carbocycles. The Morgan fingerprint density at radius 2 is 1.72 bits per heavy atom. The van der Waals surface area contributed by atoms with Crippen molar-refractivity contribution >= 4 is 17.3 Å². The van der Waals surface area contributed by atoms with Crippen molar-refractivity contribution in [2.24, 2.45) is 0 Å². The van der Waals surface area contributed by atoms with Crippen LogP contribution in [0.1, 0.15) is 32.7 Å². The maximum atomic E-state index is 6.35. The van der Waals surface area contributed by atoms with Crippen LogP contribution in [0.4, 0.5) is 17.3 Å². The quantitative estimate of drug-likeness (QED) is 0.355. The van der Waals surface area contributed by atoms with Gasteiger partial charge in [-0.05, 0) is 38.8 Å². The van der Waals surface area contributed by atoms with Crippen LogP contribution >= 0.6 is 0 Å². The van der Waals surface area contributed by atoms with Crippen LogP contribution in [0.15, 0.2) is 73.2 Å². The van der Waals surface area contributed by atoms with Crippen molar-refractivity contribution in [3.63, 3.8) is 0 Å². The molecule has 0 bridgehead atoms. The molecule has 1 aliphatic heterocycles. The summed E-state index contributed by atoms with van der Waals surface area (Å²) in [6.07, 6.45) is 8.25. The monoisotopic (exact) mass is 482 g/mol. The molecule has 1 aliphatic carbocycles. The summed E-state index contributed by atoms with van der Waals surface area (Å²) in [6.45, 7) is 5.83. The van der Waals surface area contributed by atoms with Gasteiger partial charge in [-0.2, -0.15) is 5.10 Å². The van der Waals surface area contributed by atoms with Crippen molar-refractivity contribution in [1.82, 2.24) is 19.7 Å². The molecule has 1 N–H and O–H groups in total. The smallest absolute Gasteiger partial charge is 0.173 e. The Morgan fingerprint density at radius 3 is 2.50 bits per heavy atom. The molecule has 0 radical (unpaired) electrons. The molecule has 4 heterocycles. The van der Waals surface area contributed by atoms with E-state index < -0.39 is 0 Å². The second kappa shape index (κ2) is 9.62. The van der Waals surface area contributed by atoms with E-state index in [1.165, 1.54) is 0 Å². The standard InChI is InChI=1S/C28H30N6O2/c1-19-16-33(17-20(2)35-19)27-14-22(10-12-30-27)31-26-15-24(11-13-29-26)36-25-18-34(23-8-9-23)32-28(25)21-6-4-3-5-7-21/h3-7,10-15,18-20,23H,8-9,16-17H2,1-2H3,(H,29,30,31)/t19-,20+. The zero-order chi connectivity index (χ0) is 24.5. The third kappa shape index (κ3) is 5.04. The molecule has 1 saturated carbocycles. The van der Waals surface area contributed by atoms with Gasteiger partial charge < -0.3 is 19.7 Å². The molecule has 184 valence electrons. The molecule has 2 atom stereocenters. The Kier molecular flexibility index (Phi) is 6.03. The molecule has 2 fully saturated rings. The molecular formula is C28H30N6O2.